The van der Waals surface area contributed by atoms with Crippen molar-refractivity contribution in [2.75, 3.05) is 13.1 Å². The Balaban J connectivity index is 1.55. The van der Waals surface area contributed by atoms with Crippen molar-refractivity contribution in [2.45, 2.75) is 64.8 Å². The van der Waals surface area contributed by atoms with Crippen LogP contribution in [0.25, 0.3) is 0 Å². The standard InChI is InChI=1S/C17H28N4O3S/c1-4-21-13(3)16(12(2)19-21)9-18-25(23,24)15-10-20(11-15)17(22)14-7-5-6-8-14/h14-15,18H,4-11H2,1-3H3. The van der Waals surface area contributed by atoms with E-state index in [9.17, 15) is 13.2 Å². The van der Waals surface area contributed by atoms with E-state index in [1.165, 1.54) is 0 Å². The fraction of sp³-hybridized carbons (Fsp3) is 0.765. The normalized spacial score (nSPS) is 19.4. The molecule has 0 spiro atoms. The molecule has 0 bridgehead atoms. The molecule has 1 N–H and O–H groups in total. The average Bonchev–Trinajstić information content (AvgIpc) is 3.12. The first-order chi connectivity index (χ1) is 11.8. The van der Waals surface area contributed by atoms with Crippen LogP contribution in [0.5, 0.6) is 0 Å². The third kappa shape index (κ3) is 3.60. The van der Waals surface area contributed by atoms with E-state index in [0.29, 0.717) is 13.1 Å². The lowest BCUT2D eigenvalue weighted by molar-refractivity contribution is -0.138. The third-order valence-electron chi connectivity index (χ3n) is 5.58. The second-order valence-corrected chi connectivity index (χ2v) is 9.22. The van der Waals surface area contributed by atoms with Crippen molar-refractivity contribution in [3.8, 4) is 0 Å². The maximum absolute atomic E-state index is 12.5. The average molecular weight is 369 g/mol. The zero-order valence-electron chi connectivity index (χ0n) is 15.3. The SMILES string of the molecule is CCn1nc(C)c(CNS(=O)(=O)C2CN(C(=O)C3CCCC3)C2)c1C. The van der Waals surface area contributed by atoms with Crippen LogP contribution >= 0.6 is 0 Å². The first-order valence-electron chi connectivity index (χ1n) is 9.13. The smallest absolute Gasteiger partial charge is 0.225 e. The largest absolute Gasteiger partial charge is 0.340 e. The lowest BCUT2D eigenvalue weighted by Crippen LogP contribution is -2.60. The highest BCUT2D eigenvalue weighted by molar-refractivity contribution is 7.90. The van der Waals surface area contributed by atoms with Gasteiger partial charge in [0.2, 0.25) is 15.9 Å². The van der Waals surface area contributed by atoms with Gasteiger partial charge in [0.15, 0.2) is 0 Å². The van der Waals surface area contributed by atoms with E-state index in [0.717, 1.165) is 49.2 Å². The van der Waals surface area contributed by atoms with Crippen molar-refractivity contribution in [1.29, 1.82) is 0 Å². The molecule has 1 amide bonds. The summed E-state index contributed by atoms with van der Waals surface area (Å²) >= 11 is 0. The predicted molar refractivity (Wildman–Crippen MR) is 95.5 cm³/mol. The minimum atomic E-state index is -3.42. The second-order valence-electron chi connectivity index (χ2n) is 7.18. The molecule has 2 fully saturated rings. The van der Waals surface area contributed by atoms with Gasteiger partial charge in [-0.3, -0.25) is 9.48 Å². The molecule has 1 aromatic rings. The van der Waals surface area contributed by atoms with Crippen LogP contribution in [0.2, 0.25) is 0 Å². The highest BCUT2D eigenvalue weighted by Gasteiger charge is 2.41. The van der Waals surface area contributed by atoms with E-state index in [4.69, 9.17) is 0 Å². The summed E-state index contributed by atoms with van der Waals surface area (Å²) in [6.45, 7) is 7.52. The maximum Gasteiger partial charge on any atom is 0.225 e. The third-order valence-corrected chi connectivity index (χ3v) is 7.31. The molecule has 1 aromatic heterocycles. The molecule has 1 aliphatic carbocycles. The molecule has 0 unspecified atom stereocenters. The molecule has 0 radical (unpaired) electrons. The van der Waals surface area contributed by atoms with Crippen molar-refractivity contribution >= 4 is 15.9 Å². The van der Waals surface area contributed by atoms with Gasteiger partial charge in [-0.25, -0.2) is 13.1 Å². The van der Waals surface area contributed by atoms with Crippen molar-refractivity contribution < 1.29 is 13.2 Å². The molecule has 1 aliphatic heterocycles. The van der Waals surface area contributed by atoms with Crippen LogP contribution in [0, 0.1) is 19.8 Å². The van der Waals surface area contributed by atoms with Crippen LogP contribution in [-0.2, 0) is 27.9 Å². The zero-order chi connectivity index (χ0) is 18.2. The summed E-state index contributed by atoms with van der Waals surface area (Å²) in [6.07, 6.45) is 4.12. The minimum absolute atomic E-state index is 0.113. The van der Waals surface area contributed by atoms with E-state index < -0.39 is 15.3 Å². The molecular weight excluding hydrogens is 340 g/mol. The lowest BCUT2D eigenvalue weighted by atomic mass is 10.0. The summed E-state index contributed by atoms with van der Waals surface area (Å²) in [5.74, 6) is 0.252. The zero-order valence-corrected chi connectivity index (χ0v) is 16.1. The van der Waals surface area contributed by atoms with E-state index >= 15 is 0 Å². The van der Waals surface area contributed by atoms with Gasteiger partial charge in [-0.2, -0.15) is 5.10 Å². The fourth-order valence-electron chi connectivity index (χ4n) is 3.83. The Labute approximate surface area is 149 Å². The Kier molecular flexibility index (Phi) is 5.20. The van der Waals surface area contributed by atoms with Crippen LogP contribution < -0.4 is 4.72 Å². The molecule has 1 saturated heterocycles. The molecule has 7 nitrogen and oxygen atoms in total. The molecule has 140 valence electrons. The van der Waals surface area contributed by atoms with Gasteiger partial charge in [0.05, 0.1) is 5.69 Å². The first kappa shape index (κ1) is 18.4. The number of nitrogens with zero attached hydrogens (tertiary/aromatic N) is 3. The van der Waals surface area contributed by atoms with Gasteiger partial charge in [0, 0.05) is 43.4 Å². The van der Waals surface area contributed by atoms with Gasteiger partial charge in [-0.05, 0) is 33.6 Å². The fourth-order valence-corrected chi connectivity index (χ4v) is 5.17. The summed E-state index contributed by atoms with van der Waals surface area (Å²) < 4.78 is 29.6. The Morgan fingerprint density at radius 2 is 1.88 bits per heavy atom. The van der Waals surface area contributed by atoms with Crippen molar-refractivity contribution in [2.24, 2.45) is 5.92 Å². The highest BCUT2D eigenvalue weighted by Crippen LogP contribution is 2.29. The summed E-state index contributed by atoms with van der Waals surface area (Å²) in [4.78, 5) is 14.0. The van der Waals surface area contributed by atoms with Gasteiger partial charge in [0.25, 0.3) is 0 Å². The van der Waals surface area contributed by atoms with Gasteiger partial charge >= 0.3 is 0 Å². The van der Waals surface area contributed by atoms with Crippen LogP contribution in [0.4, 0.5) is 0 Å². The summed E-state index contributed by atoms with van der Waals surface area (Å²) in [5, 5.41) is 3.92. The van der Waals surface area contributed by atoms with Gasteiger partial charge in [0.1, 0.15) is 5.25 Å². The number of amides is 1. The highest BCUT2D eigenvalue weighted by atomic mass is 32.2. The van der Waals surface area contributed by atoms with Crippen LogP contribution in [-0.4, -0.2) is 47.3 Å². The molecule has 8 heteroatoms. The Hall–Kier alpha value is -1.41. The van der Waals surface area contributed by atoms with Gasteiger partial charge < -0.3 is 4.90 Å². The number of hydrogen-bond acceptors (Lipinski definition) is 4. The summed E-state index contributed by atoms with van der Waals surface area (Å²) in [6, 6.07) is 0. The minimum Gasteiger partial charge on any atom is -0.340 e. The van der Waals surface area contributed by atoms with Crippen LogP contribution in [0.15, 0.2) is 0 Å². The second kappa shape index (κ2) is 7.07. The number of carbonyl (C=O) groups excluding carboxylic acids is 1. The first-order valence-corrected chi connectivity index (χ1v) is 10.7. The van der Waals surface area contributed by atoms with Crippen LogP contribution in [0.1, 0.15) is 49.6 Å². The lowest BCUT2D eigenvalue weighted by Gasteiger charge is -2.39. The number of sulfonamides is 1. The van der Waals surface area contributed by atoms with E-state index in [-0.39, 0.29) is 18.4 Å². The van der Waals surface area contributed by atoms with Gasteiger partial charge in [-0.1, -0.05) is 12.8 Å². The molecule has 0 atom stereocenters. The maximum atomic E-state index is 12.5. The monoisotopic (exact) mass is 368 g/mol. The number of likely N-dealkylation sites (tertiary alicyclic amines) is 1. The Bertz CT molecular complexity index is 744. The number of hydrogen-bond donors (Lipinski definition) is 1. The molecule has 25 heavy (non-hydrogen) atoms. The number of carbonyl (C=O) groups is 1. The Morgan fingerprint density at radius 1 is 1.24 bits per heavy atom. The topological polar surface area (TPSA) is 84.3 Å². The quantitative estimate of drug-likeness (QED) is 0.821. The van der Waals surface area contributed by atoms with Crippen molar-refractivity contribution in [3.05, 3.63) is 17.0 Å². The molecular formula is C17H28N4O3S. The Morgan fingerprint density at radius 3 is 2.44 bits per heavy atom. The van der Waals surface area contributed by atoms with Crippen molar-refractivity contribution in [3.63, 3.8) is 0 Å². The molecule has 3 rings (SSSR count). The summed E-state index contributed by atoms with van der Waals surface area (Å²) in [7, 11) is -3.42. The van der Waals surface area contributed by atoms with E-state index in [2.05, 4.69) is 9.82 Å². The van der Waals surface area contributed by atoms with Gasteiger partial charge in [-0.15, -0.1) is 0 Å². The molecule has 1 saturated carbocycles. The molecule has 2 aliphatic rings. The molecule has 2 heterocycles. The number of aromatic nitrogens is 2. The predicted octanol–water partition coefficient (Wildman–Crippen LogP) is 1.34. The number of nitrogens with one attached hydrogen (secondary N) is 1. The number of aryl methyl sites for hydroxylation is 2. The van der Waals surface area contributed by atoms with E-state index in [1.54, 1.807) is 4.90 Å². The molecule has 0 aromatic carbocycles. The van der Waals surface area contributed by atoms with Crippen LogP contribution in [0.3, 0.4) is 0 Å². The summed E-state index contributed by atoms with van der Waals surface area (Å²) in [5.41, 5.74) is 2.78. The van der Waals surface area contributed by atoms with Crippen molar-refractivity contribution in [1.82, 2.24) is 19.4 Å². The number of rotatable bonds is 6. The van der Waals surface area contributed by atoms with E-state index in [1.807, 2.05) is 25.5 Å².